The van der Waals surface area contributed by atoms with E-state index in [1.54, 1.807) is 18.2 Å². The molecule has 0 atom stereocenters. The highest BCUT2D eigenvalue weighted by Crippen LogP contribution is 2.29. The second kappa shape index (κ2) is 6.73. The predicted molar refractivity (Wildman–Crippen MR) is 98.5 cm³/mol. The summed E-state index contributed by atoms with van der Waals surface area (Å²) in [4.78, 5) is 4.57. The minimum absolute atomic E-state index is 0.544. The number of nitrogens with zero attached hydrogens (tertiary/aromatic N) is 4. The number of fused-ring (bicyclic) bond motifs is 1. The second-order valence-corrected chi connectivity index (χ2v) is 6.84. The zero-order valence-corrected chi connectivity index (χ0v) is 14.5. The zero-order valence-electron chi connectivity index (χ0n) is 13.7. The van der Waals surface area contributed by atoms with Gasteiger partial charge in [0, 0.05) is 16.6 Å². The van der Waals surface area contributed by atoms with Crippen molar-refractivity contribution in [1.82, 2.24) is 14.8 Å². The van der Waals surface area contributed by atoms with Crippen LogP contribution < -0.4 is 5.32 Å². The minimum Gasteiger partial charge on any atom is -0.364 e. The first kappa shape index (κ1) is 15.9. The third-order valence-electron chi connectivity index (χ3n) is 4.70. The number of pyridine rings is 1. The molecule has 3 aromatic rings. The molecule has 1 aliphatic carbocycles. The summed E-state index contributed by atoms with van der Waals surface area (Å²) in [6.45, 7) is 0.580. The van der Waals surface area contributed by atoms with Crippen LogP contribution in [0.15, 0.2) is 36.5 Å². The molecule has 0 unspecified atom stereocenters. The van der Waals surface area contributed by atoms with E-state index in [1.165, 1.54) is 25.7 Å². The van der Waals surface area contributed by atoms with E-state index in [-0.39, 0.29) is 0 Å². The van der Waals surface area contributed by atoms with Crippen LogP contribution in [0.1, 0.15) is 43.0 Å². The number of rotatable bonds is 4. The van der Waals surface area contributed by atoms with Crippen LogP contribution >= 0.6 is 11.6 Å². The summed E-state index contributed by atoms with van der Waals surface area (Å²) >= 11 is 6.02. The van der Waals surface area contributed by atoms with Gasteiger partial charge in [-0.1, -0.05) is 24.4 Å². The standard InChI is InChI=1S/C19H18ClN5/c20-14-5-6-18-17(10-14)13(11-21)9-19(23-18)22-12-15-7-8-25(24-15)16-3-1-2-4-16/h5-10,16H,1-4,12H2,(H,22,23). The first-order chi connectivity index (χ1) is 12.2. The fourth-order valence-electron chi connectivity index (χ4n) is 3.41. The minimum atomic E-state index is 0.544. The molecule has 0 amide bonds. The van der Waals surface area contributed by atoms with Crippen LogP contribution in [0.5, 0.6) is 0 Å². The molecule has 126 valence electrons. The van der Waals surface area contributed by atoms with Gasteiger partial charge in [0.05, 0.1) is 35.4 Å². The average Bonchev–Trinajstić information content (AvgIpc) is 3.30. The fraction of sp³-hybridized carbons (Fsp3) is 0.316. The van der Waals surface area contributed by atoms with Gasteiger partial charge in [0.25, 0.3) is 0 Å². The van der Waals surface area contributed by atoms with Crippen LogP contribution in [-0.2, 0) is 6.54 Å². The summed E-state index contributed by atoms with van der Waals surface area (Å²) in [6.07, 6.45) is 7.08. The molecular formula is C19H18ClN5. The molecule has 6 heteroatoms. The van der Waals surface area contributed by atoms with Crippen molar-refractivity contribution >= 4 is 28.3 Å². The first-order valence-corrected chi connectivity index (χ1v) is 8.89. The molecule has 5 nitrogen and oxygen atoms in total. The first-order valence-electron chi connectivity index (χ1n) is 8.51. The molecule has 0 bridgehead atoms. The SMILES string of the molecule is N#Cc1cc(NCc2ccn(C3CCCC3)n2)nc2ccc(Cl)cc12. The quantitative estimate of drug-likeness (QED) is 0.740. The van der Waals surface area contributed by atoms with Gasteiger partial charge >= 0.3 is 0 Å². The lowest BCUT2D eigenvalue weighted by molar-refractivity contribution is 0.463. The van der Waals surface area contributed by atoms with Gasteiger partial charge in [0.1, 0.15) is 5.82 Å². The Morgan fingerprint density at radius 3 is 2.88 bits per heavy atom. The molecule has 0 saturated heterocycles. The Hall–Kier alpha value is -2.58. The number of hydrogen-bond donors (Lipinski definition) is 1. The monoisotopic (exact) mass is 351 g/mol. The second-order valence-electron chi connectivity index (χ2n) is 6.41. The summed E-state index contributed by atoms with van der Waals surface area (Å²) in [7, 11) is 0. The zero-order chi connectivity index (χ0) is 17.2. The van der Waals surface area contributed by atoms with E-state index in [9.17, 15) is 5.26 Å². The van der Waals surface area contributed by atoms with Gasteiger partial charge < -0.3 is 5.32 Å². The van der Waals surface area contributed by atoms with E-state index in [0.717, 1.165) is 16.6 Å². The normalized spacial score (nSPS) is 14.7. The molecule has 1 aliphatic rings. The Kier molecular flexibility index (Phi) is 4.29. The molecule has 4 rings (SSSR count). The molecule has 1 aromatic carbocycles. The predicted octanol–water partition coefficient (Wildman–Crippen LogP) is 4.68. The summed E-state index contributed by atoms with van der Waals surface area (Å²) < 4.78 is 2.08. The van der Waals surface area contributed by atoms with E-state index >= 15 is 0 Å². The van der Waals surface area contributed by atoms with Crippen molar-refractivity contribution in [3.63, 3.8) is 0 Å². The lowest BCUT2D eigenvalue weighted by Gasteiger charge is -2.09. The molecule has 0 spiro atoms. The molecule has 2 aromatic heterocycles. The van der Waals surface area contributed by atoms with Gasteiger partial charge in [-0.15, -0.1) is 0 Å². The average molecular weight is 352 g/mol. The van der Waals surface area contributed by atoms with E-state index < -0.39 is 0 Å². The summed E-state index contributed by atoms with van der Waals surface area (Å²) in [5.74, 6) is 0.668. The van der Waals surface area contributed by atoms with Crippen LogP contribution in [0.2, 0.25) is 5.02 Å². The number of nitrogens with one attached hydrogen (secondary N) is 1. The Balaban J connectivity index is 1.53. The molecular weight excluding hydrogens is 334 g/mol. The van der Waals surface area contributed by atoms with E-state index in [0.29, 0.717) is 29.0 Å². The number of aromatic nitrogens is 3. The van der Waals surface area contributed by atoms with Crippen molar-refractivity contribution in [2.24, 2.45) is 0 Å². The Morgan fingerprint density at radius 2 is 2.08 bits per heavy atom. The smallest absolute Gasteiger partial charge is 0.128 e. The van der Waals surface area contributed by atoms with E-state index in [4.69, 9.17) is 11.6 Å². The Bertz CT molecular complexity index is 950. The van der Waals surface area contributed by atoms with Gasteiger partial charge in [-0.3, -0.25) is 4.68 Å². The van der Waals surface area contributed by atoms with Crippen LogP contribution in [0.25, 0.3) is 10.9 Å². The molecule has 1 N–H and O–H groups in total. The Morgan fingerprint density at radius 1 is 1.24 bits per heavy atom. The van der Waals surface area contributed by atoms with Crippen molar-refractivity contribution in [3.05, 3.63) is 52.8 Å². The topological polar surface area (TPSA) is 66.5 Å². The van der Waals surface area contributed by atoms with Crippen molar-refractivity contribution < 1.29 is 0 Å². The van der Waals surface area contributed by atoms with Crippen molar-refractivity contribution in [3.8, 4) is 6.07 Å². The molecule has 0 aliphatic heterocycles. The molecule has 25 heavy (non-hydrogen) atoms. The maximum Gasteiger partial charge on any atom is 0.128 e. The maximum absolute atomic E-state index is 9.40. The highest BCUT2D eigenvalue weighted by Gasteiger charge is 2.17. The summed E-state index contributed by atoms with van der Waals surface area (Å²) in [5.41, 5.74) is 2.29. The highest BCUT2D eigenvalue weighted by atomic mass is 35.5. The lowest BCUT2D eigenvalue weighted by atomic mass is 10.1. The third kappa shape index (κ3) is 3.31. The molecule has 1 saturated carbocycles. The van der Waals surface area contributed by atoms with Gasteiger partial charge in [-0.05, 0) is 43.2 Å². The molecule has 2 heterocycles. The Labute approximate surface area is 151 Å². The third-order valence-corrected chi connectivity index (χ3v) is 4.94. The van der Waals surface area contributed by atoms with Crippen LogP contribution in [0.3, 0.4) is 0 Å². The fourth-order valence-corrected chi connectivity index (χ4v) is 3.58. The van der Waals surface area contributed by atoms with Crippen LogP contribution in [0.4, 0.5) is 5.82 Å². The lowest BCUT2D eigenvalue weighted by Crippen LogP contribution is -2.07. The summed E-state index contributed by atoms with van der Waals surface area (Å²) in [6, 6.07) is 11.9. The van der Waals surface area contributed by atoms with Gasteiger partial charge in [-0.25, -0.2) is 4.98 Å². The van der Waals surface area contributed by atoms with E-state index in [2.05, 4.69) is 32.3 Å². The van der Waals surface area contributed by atoms with Crippen LogP contribution in [-0.4, -0.2) is 14.8 Å². The van der Waals surface area contributed by atoms with Crippen molar-refractivity contribution in [2.75, 3.05) is 5.32 Å². The highest BCUT2D eigenvalue weighted by molar-refractivity contribution is 6.31. The number of anilines is 1. The number of benzene rings is 1. The van der Waals surface area contributed by atoms with Crippen molar-refractivity contribution in [2.45, 2.75) is 38.3 Å². The van der Waals surface area contributed by atoms with Crippen LogP contribution in [0, 0.1) is 11.3 Å². The van der Waals surface area contributed by atoms with Crippen molar-refractivity contribution in [1.29, 1.82) is 5.26 Å². The number of hydrogen-bond acceptors (Lipinski definition) is 4. The molecule has 1 fully saturated rings. The van der Waals surface area contributed by atoms with Gasteiger partial charge in [0.2, 0.25) is 0 Å². The number of halogens is 1. The number of nitriles is 1. The maximum atomic E-state index is 9.40. The summed E-state index contributed by atoms with van der Waals surface area (Å²) in [5, 5.41) is 18.7. The van der Waals surface area contributed by atoms with E-state index in [1.807, 2.05) is 12.1 Å². The van der Waals surface area contributed by atoms with Gasteiger partial charge in [-0.2, -0.15) is 10.4 Å². The van der Waals surface area contributed by atoms with Gasteiger partial charge in [0.15, 0.2) is 0 Å². The largest absolute Gasteiger partial charge is 0.364 e. The molecule has 0 radical (unpaired) electrons.